The normalized spacial score (nSPS) is 11.3. The van der Waals surface area contributed by atoms with Gasteiger partial charge in [0.2, 0.25) is 0 Å². The van der Waals surface area contributed by atoms with Gasteiger partial charge in [0, 0.05) is 19.2 Å². The van der Waals surface area contributed by atoms with Crippen LogP contribution in [-0.2, 0) is 4.74 Å². The predicted octanol–water partition coefficient (Wildman–Crippen LogP) is 2.76. The number of hydrogen-bond donors (Lipinski definition) is 2. The fraction of sp³-hybridized carbons (Fsp3) is 0.556. The quantitative estimate of drug-likeness (QED) is 0.426. The summed E-state index contributed by atoms with van der Waals surface area (Å²) in [4.78, 5) is 16.4. The number of amides is 1. The molecule has 1 aromatic heterocycles. The van der Waals surface area contributed by atoms with Crippen molar-refractivity contribution in [2.24, 2.45) is 0 Å². The summed E-state index contributed by atoms with van der Waals surface area (Å²) in [6, 6.07) is 7.10. The van der Waals surface area contributed by atoms with Crippen LogP contribution in [0, 0.1) is 5.21 Å². The molecular formula is C18H27N5O3. The molecule has 1 heterocycles. The van der Waals surface area contributed by atoms with Gasteiger partial charge in [0.15, 0.2) is 0 Å². The van der Waals surface area contributed by atoms with Crippen molar-refractivity contribution in [1.29, 1.82) is 0 Å². The number of aromatic nitrogens is 3. The summed E-state index contributed by atoms with van der Waals surface area (Å²) in [6.45, 7) is 6.82. The van der Waals surface area contributed by atoms with E-state index in [-0.39, 0.29) is 6.09 Å². The summed E-state index contributed by atoms with van der Waals surface area (Å²) < 4.78 is 5.17. The molecule has 0 saturated carbocycles. The Morgan fingerprint density at radius 1 is 1.15 bits per heavy atom. The van der Waals surface area contributed by atoms with E-state index in [0.717, 1.165) is 25.7 Å². The number of carbonyl (C=O) groups is 1. The van der Waals surface area contributed by atoms with Crippen LogP contribution >= 0.6 is 0 Å². The van der Waals surface area contributed by atoms with Crippen molar-refractivity contribution in [3.63, 3.8) is 0 Å². The molecule has 26 heavy (non-hydrogen) atoms. The molecule has 0 bridgehead atoms. The molecule has 0 aliphatic carbocycles. The topological polar surface area (TPSA) is 103 Å². The van der Waals surface area contributed by atoms with E-state index in [2.05, 4.69) is 20.7 Å². The first-order valence-corrected chi connectivity index (χ1v) is 8.92. The maximum absolute atomic E-state index is 11.8. The van der Waals surface area contributed by atoms with Crippen molar-refractivity contribution in [2.45, 2.75) is 52.1 Å². The molecule has 0 aliphatic heterocycles. The highest BCUT2D eigenvalue weighted by atomic mass is 16.6. The molecule has 0 fully saturated rings. The van der Waals surface area contributed by atoms with Crippen molar-refractivity contribution in [3.8, 4) is 0 Å². The molecule has 1 aromatic carbocycles. The minimum atomic E-state index is -0.469. The molecule has 0 saturated heterocycles. The van der Waals surface area contributed by atoms with Crippen LogP contribution in [0.25, 0.3) is 11.0 Å². The molecule has 8 nitrogen and oxygen atoms in total. The number of benzene rings is 1. The van der Waals surface area contributed by atoms with E-state index in [9.17, 15) is 10.0 Å². The average Bonchev–Trinajstić information content (AvgIpc) is 2.56. The lowest BCUT2D eigenvalue weighted by atomic mass is 10.2. The number of anilines is 1. The number of nitrogens with zero attached hydrogens (tertiary/aromatic N) is 3. The van der Waals surface area contributed by atoms with Crippen LogP contribution in [0.2, 0.25) is 0 Å². The molecule has 0 unspecified atom stereocenters. The van der Waals surface area contributed by atoms with Gasteiger partial charge in [-0.05, 0) is 44.5 Å². The Labute approximate surface area is 153 Å². The van der Waals surface area contributed by atoms with E-state index in [1.54, 1.807) is 18.2 Å². The van der Waals surface area contributed by atoms with E-state index in [1.165, 1.54) is 0 Å². The Morgan fingerprint density at radius 2 is 1.85 bits per heavy atom. The monoisotopic (exact) mass is 361 g/mol. The third-order valence-electron chi connectivity index (χ3n) is 3.55. The number of para-hydroxylation sites is 2. The van der Waals surface area contributed by atoms with Crippen molar-refractivity contribution in [1.82, 2.24) is 15.4 Å². The Morgan fingerprint density at radius 3 is 2.58 bits per heavy atom. The second kappa shape index (κ2) is 9.17. The highest BCUT2D eigenvalue weighted by Crippen LogP contribution is 2.08. The second-order valence-electron chi connectivity index (χ2n) is 7.07. The largest absolute Gasteiger partial charge is 0.594 e. The maximum atomic E-state index is 11.8. The SMILES string of the molecule is CC(C)(C)OC(=O)NCCCCCCNc1nc2ccccc2[n+]([O-])n1. The number of fused-ring (bicyclic) bond motifs is 1. The number of alkyl carbamates (subject to hydrolysis) is 1. The minimum absolute atomic E-state index is 0.338. The first-order chi connectivity index (χ1) is 12.3. The van der Waals surface area contributed by atoms with Gasteiger partial charge >= 0.3 is 6.09 Å². The molecule has 0 radical (unpaired) electrons. The minimum Gasteiger partial charge on any atom is -0.594 e. The van der Waals surface area contributed by atoms with Crippen LogP contribution in [-0.4, -0.2) is 34.9 Å². The molecule has 2 N–H and O–H groups in total. The fourth-order valence-electron chi connectivity index (χ4n) is 2.38. The molecule has 0 spiro atoms. The zero-order valence-corrected chi connectivity index (χ0v) is 15.6. The van der Waals surface area contributed by atoms with E-state index in [1.807, 2.05) is 26.8 Å². The molecular weight excluding hydrogens is 334 g/mol. The van der Waals surface area contributed by atoms with E-state index in [0.29, 0.717) is 34.9 Å². The number of rotatable bonds is 8. The third kappa shape index (κ3) is 6.70. The van der Waals surface area contributed by atoms with E-state index < -0.39 is 5.60 Å². The maximum Gasteiger partial charge on any atom is 0.407 e. The summed E-state index contributed by atoms with van der Waals surface area (Å²) in [5, 5.41) is 21.5. The average molecular weight is 361 g/mol. The Hall–Kier alpha value is -2.64. The van der Waals surface area contributed by atoms with Crippen molar-refractivity contribution >= 4 is 23.1 Å². The van der Waals surface area contributed by atoms with Gasteiger partial charge in [0.25, 0.3) is 11.5 Å². The Bertz CT molecular complexity index is 730. The van der Waals surface area contributed by atoms with Gasteiger partial charge in [0.1, 0.15) is 11.1 Å². The van der Waals surface area contributed by atoms with Gasteiger partial charge in [0.05, 0.1) is 5.10 Å². The third-order valence-corrected chi connectivity index (χ3v) is 3.55. The van der Waals surface area contributed by atoms with Gasteiger partial charge in [-0.3, -0.25) is 0 Å². The van der Waals surface area contributed by atoms with Crippen molar-refractivity contribution in [2.75, 3.05) is 18.4 Å². The summed E-state index contributed by atoms with van der Waals surface area (Å²) in [6.07, 6.45) is 3.46. The molecule has 0 aliphatic rings. The molecule has 142 valence electrons. The van der Waals surface area contributed by atoms with Gasteiger partial charge in [-0.15, -0.1) is 0 Å². The lowest BCUT2D eigenvalue weighted by Crippen LogP contribution is -2.33. The summed E-state index contributed by atoms with van der Waals surface area (Å²) in [5.41, 5.74) is 0.604. The highest BCUT2D eigenvalue weighted by Gasteiger charge is 2.15. The highest BCUT2D eigenvalue weighted by molar-refractivity contribution is 5.71. The van der Waals surface area contributed by atoms with Crippen LogP contribution in [0.1, 0.15) is 46.5 Å². The van der Waals surface area contributed by atoms with Gasteiger partial charge < -0.3 is 20.6 Å². The van der Waals surface area contributed by atoms with Crippen LogP contribution in [0.4, 0.5) is 10.7 Å². The summed E-state index contributed by atoms with van der Waals surface area (Å²) in [5.74, 6) is 0.338. The standard InChI is InChI=1S/C18H27N5O3/c1-18(2,3)26-17(24)20-13-9-5-4-8-12-19-16-21-14-10-6-7-11-15(14)23(25)22-16/h6-7,10-11H,4-5,8-9,12-13H2,1-3H3,(H,20,24)(H,19,21,22). The zero-order valence-electron chi connectivity index (χ0n) is 15.6. The van der Waals surface area contributed by atoms with Gasteiger partial charge in [-0.1, -0.05) is 25.0 Å². The molecule has 1 amide bonds. The molecule has 2 rings (SSSR count). The van der Waals surface area contributed by atoms with Crippen LogP contribution in [0.5, 0.6) is 0 Å². The number of carbonyl (C=O) groups excluding carboxylic acids is 1. The lowest BCUT2D eigenvalue weighted by Gasteiger charge is -2.19. The molecule has 2 aromatic rings. The first-order valence-electron chi connectivity index (χ1n) is 8.92. The smallest absolute Gasteiger partial charge is 0.407 e. The van der Waals surface area contributed by atoms with E-state index in [4.69, 9.17) is 4.74 Å². The fourth-order valence-corrected chi connectivity index (χ4v) is 2.38. The number of ether oxygens (including phenoxy) is 1. The summed E-state index contributed by atoms with van der Waals surface area (Å²) in [7, 11) is 0. The molecule has 0 atom stereocenters. The number of unbranched alkanes of at least 4 members (excludes halogenated alkanes) is 3. The van der Waals surface area contributed by atoms with E-state index >= 15 is 0 Å². The second-order valence-corrected chi connectivity index (χ2v) is 7.07. The van der Waals surface area contributed by atoms with Crippen LogP contribution < -0.4 is 15.5 Å². The van der Waals surface area contributed by atoms with Gasteiger partial charge in [-0.25, -0.2) is 9.78 Å². The number of nitrogens with one attached hydrogen (secondary N) is 2. The van der Waals surface area contributed by atoms with Crippen molar-refractivity contribution in [3.05, 3.63) is 29.5 Å². The summed E-state index contributed by atoms with van der Waals surface area (Å²) >= 11 is 0. The first kappa shape index (κ1) is 19.7. The van der Waals surface area contributed by atoms with Crippen molar-refractivity contribution < 1.29 is 14.4 Å². The number of hydrogen-bond acceptors (Lipinski definition) is 6. The van der Waals surface area contributed by atoms with Crippen LogP contribution in [0.3, 0.4) is 0 Å². The van der Waals surface area contributed by atoms with Gasteiger partial charge in [-0.2, -0.15) is 0 Å². The molecule has 8 heteroatoms. The van der Waals surface area contributed by atoms with Crippen LogP contribution in [0.15, 0.2) is 24.3 Å². The Kier molecular flexibility index (Phi) is 6.94. The zero-order chi connectivity index (χ0) is 19.0. The lowest BCUT2D eigenvalue weighted by molar-refractivity contribution is -0.641. The Balaban J connectivity index is 1.59. The predicted molar refractivity (Wildman–Crippen MR) is 99.7 cm³/mol.